The Labute approximate surface area is 111 Å². The van der Waals surface area contributed by atoms with Crippen molar-refractivity contribution in [3.05, 3.63) is 12.4 Å². The van der Waals surface area contributed by atoms with Gasteiger partial charge in [0.1, 0.15) is 6.61 Å². The minimum Gasteiger partial charge on any atom is -0.479 e. The van der Waals surface area contributed by atoms with E-state index in [4.69, 9.17) is 9.84 Å². The number of hydrogen-bond donors (Lipinski definition) is 2. The number of amides is 1. The number of carboxylic acid groups (broad SMARTS) is 1. The Balaban J connectivity index is 2.60. The molecule has 0 aliphatic heterocycles. The van der Waals surface area contributed by atoms with Gasteiger partial charge in [0, 0.05) is 12.8 Å². The molecular weight excluding hydrogens is 250 g/mol. The Morgan fingerprint density at radius 3 is 2.79 bits per heavy atom. The number of aromatic nitrogens is 2. The fourth-order valence-corrected chi connectivity index (χ4v) is 1.30. The second-order valence-electron chi connectivity index (χ2n) is 4.64. The zero-order valence-electron chi connectivity index (χ0n) is 11.3. The van der Waals surface area contributed by atoms with Crippen LogP contribution in [0.3, 0.4) is 0 Å². The Kier molecular flexibility index (Phi) is 5.05. The molecule has 1 rings (SSSR count). The van der Waals surface area contributed by atoms with Gasteiger partial charge < -0.3 is 15.2 Å². The van der Waals surface area contributed by atoms with Crippen molar-refractivity contribution in [2.24, 2.45) is 0 Å². The van der Waals surface area contributed by atoms with Gasteiger partial charge in [-0.15, -0.1) is 0 Å². The van der Waals surface area contributed by atoms with Gasteiger partial charge in [0.25, 0.3) is 0 Å². The minimum atomic E-state index is -1.16. The number of aliphatic carboxylic acids is 1. The Bertz CT molecular complexity index is 454. The van der Waals surface area contributed by atoms with Crippen LogP contribution in [0.25, 0.3) is 0 Å². The van der Waals surface area contributed by atoms with Crippen molar-refractivity contribution in [3.8, 4) is 0 Å². The first kappa shape index (κ1) is 15.2. The number of carbonyl (C=O) groups excluding carboxylic acids is 1. The van der Waals surface area contributed by atoms with E-state index in [1.54, 1.807) is 0 Å². The maximum absolute atomic E-state index is 11.5. The molecule has 0 atom stereocenters. The summed E-state index contributed by atoms with van der Waals surface area (Å²) < 4.78 is 6.39. The third-order valence-electron chi connectivity index (χ3n) is 2.54. The molecule has 0 unspecified atom stereocenters. The number of carbonyl (C=O) groups is 2. The molecule has 0 aliphatic carbocycles. The zero-order chi connectivity index (χ0) is 14.5. The van der Waals surface area contributed by atoms with Gasteiger partial charge in [0.2, 0.25) is 5.91 Å². The minimum absolute atomic E-state index is 0.0264. The number of ether oxygens (including phenoxy) is 1. The predicted octanol–water partition coefficient (Wildman–Crippen LogP) is 1.07. The Hall–Kier alpha value is -1.89. The largest absolute Gasteiger partial charge is 0.479 e. The van der Waals surface area contributed by atoms with Crippen LogP contribution >= 0.6 is 0 Å². The first-order valence-corrected chi connectivity index (χ1v) is 6.04. The summed E-state index contributed by atoms with van der Waals surface area (Å²) in [5.41, 5.74) is -0.721. The Morgan fingerprint density at radius 2 is 2.21 bits per heavy atom. The third kappa shape index (κ3) is 4.06. The lowest BCUT2D eigenvalue weighted by molar-refractivity contribution is -0.146. The smallest absolute Gasteiger partial charge is 0.331 e. The molecule has 1 amide bonds. The molecule has 0 spiro atoms. The number of carboxylic acids is 1. The fourth-order valence-electron chi connectivity index (χ4n) is 1.30. The molecular formula is C12H19N3O4. The molecule has 7 nitrogen and oxygen atoms in total. The van der Waals surface area contributed by atoms with Crippen molar-refractivity contribution < 1.29 is 19.4 Å². The van der Waals surface area contributed by atoms with Gasteiger partial charge in [-0.3, -0.25) is 9.48 Å². The van der Waals surface area contributed by atoms with E-state index >= 15 is 0 Å². The monoisotopic (exact) mass is 269 g/mol. The van der Waals surface area contributed by atoms with Crippen molar-refractivity contribution in [3.63, 3.8) is 0 Å². The van der Waals surface area contributed by atoms with Crippen LogP contribution in [-0.4, -0.2) is 40.0 Å². The van der Waals surface area contributed by atoms with Crippen molar-refractivity contribution >= 4 is 17.6 Å². The van der Waals surface area contributed by atoms with Crippen molar-refractivity contribution in [2.45, 2.75) is 32.7 Å². The van der Waals surface area contributed by atoms with Crippen LogP contribution in [0.5, 0.6) is 0 Å². The number of anilines is 1. The third-order valence-corrected chi connectivity index (χ3v) is 2.54. The lowest BCUT2D eigenvalue weighted by Crippen LogP contribution is -2.35. The van der Waals surface area contributed by atoms with Crippen LogP contribution in [-0.2, 0) is 19.9 Å². The normalized spacial score (nSPS) is 11.3. The van der Waals surface area contributed by atoms with E-state index in [1.807, 2.05) is 6.92 Å². The van der Waals surface area contributed by atoms with Crippen LogP contribution in [0.4, 0.5) is 5.69 Å². The van der Waals surface area contributed by atoms with Crippen molar-refractivity contribution in [1.82, 2.24) is 9.78 Å². The highest BCUT2D eigenvalue weighted by Crippen LogP contribution is 2.17. The lowest BCUT2D eigenvalue weighted by Gasteiger charge is -2.19. The first-order valence-electron chi connectivity index (χ1n) is 6.04. The average molecular weight is 269 g/mol. The van der Waals surface area contributed by atoms with Gasteiger partial charge in [-0.05, 0) is 20.3 Å². The van der Waals surface area contributed by atoms with E-state index in [-0.39, 0.29) is 12.5 Å². The summed E-state index contributed by atoms with van der Waals surface area (Å²) in [7, 11) is 0. The molecule has 0 saturated carbocycles. The molecule has 2 N–H and O–H groups in total. The number of hydrogen-bond acceptors (Lipinski definition) is 4. The zero-order valence-corrected chi connectivity index (χ0v) is 11.3. The van der Waals surface area contributed by atoms with Crippen LogP contribution in [0.2, 0.25) is 0 Å². The van der Waals surface area contributed by atoms with E-state index < -0.39 is 11.5 Å². The molecule has 0 aliphatic rings. The summed E-state index contributed by atoms with van der Waals surface area (Å²) in [6.45, 7) is 5.51. The Morgan fingerprint density at radius 1 is 1.53 bits per heavy atom. The van der Waals surface area contributed by atoms with E-state index in [1.165, 1.54) is 30.9 Å². The quantitative estimate of drug-likeness (QED) is 0.722. The SMILES string of the molecule is CCCOCC(=O)Nc1cnn(C(C)(C)C(=O)O)c1. The summed E-state index contributed by atoms with van der Waals surface area (Å²) in [5.74, 6) is -1.29. The van der Waals surface area contributed by atoms with Crippen LogP contribution in [0.15, 0.2) is 12.4 Å². The fraction of sp³-hybridized carbons (Fsp3) is 0.583. The summed E-state index contributed by atoms with van der Waals surface area (Å²) >= 11 is 0. The molecule has 0 radical (unpaired) electrons. The molecule has 19 heavy (non-hydrogen) atoms. The molecule has 0 aromatic carbocycles. The number of rotatable bonds is 7. The molecule has 0 fully saturated rings. The lowest BCUT2D eigenvalue weighted by atomic mass is 10.1. The molecule has 7 heteroatoms. The molecule has 0 bridgehead atoms. The highest BCUT2D eigenvalue weighted by molar-refractivity contribution is 5.91. The maximum Gasteiger partial charge on any atom is 0.331 e. The van der Waals surface area contributed by atoms with Gasteiger partial charge in [-0.2, -0.15) is 5.10 Å². The van der Waals surface area contributed by atoms with Crippen molar-refractivity contribution in [1.29, 1.82) is 0 Å². The highest BCUT2D eigenvalue weighted by Gasteiger charge is 2.30. The van der Waals surface area contributed by atoms with Gasteiger partial charge in [-0.1, -0.05) is 6.92 Å². The molecule has 0 saturated heterocycles. The maximum atomic E-state index is 11.5. The summed E-state index contributed by atoms with van der Waals surface area (Å²) in [6, 6.07) is 0. The standard InChI is InChI=1S/C12H19N3O4/c1-4-5-19-8-10(16)14-9-6-13-15(7-9)12(2,3)11(17)18/h6-7H,4-5,8H2,1-3H3,(H,14,16)(H,17,18). The van der Waals surface area contributed by atoms with Gasteiger partial charge in [-0.25, -0.2) is 4.79 Å². The second-order valence-corrected chi connectivity index (χ2v) is 4.64. The van der Waals surface area contributed by atoms with Gasteiger partial charge in [0.15, 0.2) is 5.54 Å². The highest BCUT2D eigenvalue weighted by atomic mass is 16.5. The van der Waals surface area contributed by atoms with E-state index in [2.05, 4.69) is 10.4 Å². The topological polar surface area (TPSA) is 93.5 Å². The molecule has 1 heterocycles. The average Bonchev–Trinajstić information content (AvgIpc) is 2.78. The van der Waals surface area contributed by atoms with Gasteiger partial charge in [0.05, 0.1) is 11.9 Å². The molecule has 1 aromatic heterocycles. The molecule has 1 aromatic rings. The predicted molar refractivity (Wildman–Crippen MR) is 68.9 cm³/mol. The van der Waals surface area contributed by atoms with E-state index in [0.717, 1.165) is 6.42 Å². The van der Waals surface area contributed by atoms with Crippen LogP contribution in [0, 0.1) is 0 Å². The summed E-state index contributed by atoms with van der Waals surface area (Å²) in [6.07, 6.45) is 3.73. The number of nitrogens with zero attached hydrogens (tertiary/aromatic N) is 2. The number of nitrogens with one attached hydrogen (secondary N) is 1. The van der Waals surface area contributed by atoms with Gasteiger partial charge >= 0.3 is 5.97 Å². The van der Waals surface area contributed by atoms with E-state index in [0.29, 0.717) is 12.3 Å². The summed E-state index contributed by atoms with van der Waals surface area (Å²) in [5, 5.41) is 15.6. The van der Waals surface area contributed by atoms with E-state index in [9.17, 15) is 9.59 Å². The van der Waals surface area contributed by atoms with Crippen LogP contribution < -0.4 is 5.32 Å². The molecule has 106 valence electrons. The van der Waals surface area contributed by atoms with Crippen LogP contribution in [0.1, 0.15) is 27.2 Å². The second kappa shape index (κ2) is 6.33. The summed E-state index contributed by atoms with van der Waals surface area (Å²) in [4.78, 5) is 22.5. The van der Waals surface area contributed by atoms with Crippen molar-refractivity contribution in [2.75, 3.05) is 18.5 Å². The first-order chi connectivity index (χ1) is 8.87.